The van der Waals surface area contributed by atoms with Crippen LogP contribution >= 0.6 is 15.9 Å². The Balaban J connectivity index is 4.21. The lowest BCUT2D eigenvalue weighted by Gasteiger charge is -2.36. The van der Waals surface area contributed by atoms with Crippen LogP contribution in [-0.4, -0.2) is 52.3 Å². The van der Waals surface area contributed by atoms with Gasteiger partial charge in [-0.15, -0.1) is 0 Å². The lowest BCUT2D eigenvalue weighted by Crippen LogP contribution is -2.41. The molecule has 25 heavy (non-hydrogen) atoms. The summed E-state index contributed by atoms with van der Waals surface area (Å²) in [6.07, 6.45) is 3.45. The van der Waals surface area contributed by atoms with E-state index in [0.717, 1.165) is 25.9 Å². The van der Waals surface area contributed by atoms with Gasteiger partial charge < -0.3 is 18.6 Å². The van der Waals surface area contributed by atoms with Crippen molar-refractivity contribution in [3.63, 3.8) is 0 Å². The third-order valence-corrected chi connectivity index (χ3v) is 9.64. The average molecular weight is 441 g/mol. The fraction of sp³-hybridized carbons (Fsp3) is 0.944. The van der Waals surface area contributed by atoms with Gasteiger partial charge in [0.25, 0.3) is 0 Å². The number of hydrogen-bond acceptors (Lipinski definition) is 5. The number of carbonyl (C=O) groups excluding carboxylic acids is 1. The number of methoxy groups -OCH3 is 1. The molecule has 0 aromatic heterocycles. The van der Waals surface area contributed by atoms with Crippen molar-refractivity contribution in [2.45, 2.75) is 83.7 Å². The van der Waals surface area contributed by atoms with E-state index < -0.39 is 8.32 Å². The van der Waals surface area contributed by atoms with Crippen molar-refractivity contribution in [2.75, 3.05) is 25.8 Å². The van der Waals surface area contributed by atoms with Crippen molar-refractivity contribution in [2.24, 2.45) is 0 Å². The molecule has 0 heterocycles. The van der Waals surface area contributed by atoms with Crippen molar-refractivity contribution in [1.29, 1.82) is 0 Å². The van der Waals surface area contributed by atoms with Gasteiger partial charge in [0.1, 0.15) is 18.2 Å². The molecule has 0 N–H and O–H groups in total. The molecular weight excluding hydrogens is 404 g/mol. The molecule has 0 saturated carbocycles. The number of carbonyl (C=O) groups is 1. The number of halogens is 1. The number of hydrogen-bond donors (Lipinski definition) is 0. The Hall–Kier alpha value is 0.0469. The summed E-state index contributed by atoms with van der Waals surface area (Å²) in [6.45, 7) is 14.3. The Morgan fingerprint density at radius 2 is 1.84 bits per heavy atom. The number of esters is 1. The summed E-state index contributed by atoms with van der Waals surface area (Å²) in [5.74, 6) is -0.249. The van der Waals surface area contributed by atoms with E-state index in [1.165, 1.54) is 0 Å². The molecule has 0 aliphatic heterocycles. The van der Waals surface area contributed by atoms with Crippen LogP contribution < -0.4 is 0 Å². The molecule has 5 nitrogen and oxygen atoms in total. The predicted molar refractivity (Wildman–Crippen MR) is 108 cm³/mol. The SMILES string of the molecule is COCO[C@H](CCCCO[Si](C)(C)C(C)(C)C)C[C@@H](C)OC(=O)CBr. The largest absolute Gasteiger partial charge is 0.462 e. The minimum absolute atomic E-state index is 0.0194. The maximum atomic E-state index is 11.3. The van der Waals surface area contributed by atoms with Gasteiger partial charge in [-0.25, -0.2) is 0 Å². The normalized spacial score (nSPS) is 15.0. The van der Waals surface area contributed by atoms with Gasteiger partial charge in [-0.3, -0.25) is 4.79 Å². The topological polar surface area (TPSA) is 54.0 Å². The molecule has 0 radical (unpaired) electrons. The minimum Gasteiger partial charge on any atom is -0.462 e. The highest BCUT2D eigenvalue weighted by Crippen LogP contribution is 2.36. The molecule has 0 rings (SSSR count). The average Bonchev–Trinajstić information content (AvgIpc) is 2.50. The Bertz CT molecular complexity index is 371. The maximum Gasteiger partial charge on any atom is 0.316 e. The first-order chi connectivity index (χ1) is 11.5. The van der Waals surface area contributed by atoms with Crippen molar-refractivity contribution >= 4 is 30.2 Å². The van der Waals surface area contributed by atoms with E-state index in [1.54, 1.807) is 7.11 Å². The van der Waals surface area contributed by atoms with E-state index in [4.69, 9.17) is 18.6 Å². The van der Waals surface area contributed by atoms with Crippen LogP contribution in [0.2, 0.25) is 18.1 Å². The van der Waals surface area contributed by atoms with Gasteiger partial charge in [0, 0.05) is 20.1 Å². The van der Waals surface area contributed by atoms with Crippen LogP contribution in [0.3, 0.4) is 0 Å². The summed E-state index contributed by atoms with van der Waals surface area (Å²) in [6, 6.07) is 0. The van der Waals surface area contributed by atoms with E-state index in [1.807, 2.05) is 6.92 Å². The summed E-state index contributed by atoms with van der Waals surface area (Å²) in [5, 5.41) is 0.456. The Kier molecular flexibility index (Phi) is 12.5. The second-order valence-electron chi connectivity index (χ2n) is 7.97. The Labute approximate surface area is 163 Å². The molecule has 0 bridgehead atoms. The molecule has 0 fully saturated rings. The second kappa shape index (κ2) is 12.4. The second-order valence-corrected chi connectivity index (χ2v) is 13.3. The first-order valence-corrected chi connectivity index (χ1v) is 13.1. The number of ether oxygens (including phenoxy) is 3. The van der Waals surface area contributed by atoms with Crippen LogP contribution in [0.25, 0.3) is 0 Å². The Morgan fingerprint density at radius 1 is 1.20 bits per heavy atom. The lowest BCUT2D eigenvalue weighted by molar-refractivity contribution is -0.148. The van der Waals surface area contributed by atoms with E-state index >= 15 is 0 Å². The molecular formula is C18H37BrO5Si. The molecule has 0 aliphatic carbocycles. The first-order valence-electron chi connectivity index (χ1n) is 9.03. The molecule has 0 amide bonds. The van der Waals surface area contributed by atoms with Crippen LogP contribution in [0.4, 0.5) is 0 Å². The van der Waals surface area contributed by atoms with E-state index in [2.05, 4.69) is 49.8 Å². The molecule has 0 spiro atoms. The van der Waals surface area contributed by atoms with Gasteiger partial charge >= 0.3 is 5.97 Å². The summed E-state index contributed by atoms with van der Waals surface area (Å²) in [5.41, 5.74) is 0. The molecule has 0 aliphatic rings. The highest BCUT2D eigenvalue weighted by Gasteiger charge is 2.36. The number of unbranched alkanes of at least 4 members (excludes halogenated alkanes) is 1. The molecule has 7 heteroatoms. The third kappa shape index (κ3) is 11.4. The van der Waals surface area contributed by atoms with Crippen LogP contribution in [-0.2, 0) is 23.4 Å². The van der Waals surface area contributed by atoms with Crippen molar-refractivity contribution in [3.05, 3.63) is 0 Å². The highest BCUT2D eigenvalue weighted by molar-refractivity contribution is 9.09. The lowest BCUT2D eigenvalue weighted by atomic mass is 10.1. The molecule has 2 atom stereocenters. The van der Waals surface area contributed by atoms with Crippen molar-refractivity contribution in [1.82, 2.24) is 0 Å². The van der Waals surface area contributed by atoms with Gasteiger partial charge in [0.15, 0.2) is 8.32 Å². The standard InChI is InChI=1S/C18H37BrO5Si/c1-15(24-17(20)13-19)12-16(22-14-21-5)10-8-9-11-23-25(6,7)18(2,3)4/h15-16H,8-14H2,1-7H3/t15-,16-/m1/s1. The molecule has 0 aromatic carbocycles. The zero-order chi connectivity index (χ0) is 19.5. The smallest absolute Gasteiger partial charge is 0.316 e. The van der Waals surface area contributed by atoms with Gasteiger partial charge in [-0.2, -0.15) is 0 Å². The minimum atomic E-state index is -1.67. The predicted octanol–water partition coefficient (Wildman–Crippen LogP) is 4.88. The van der Waals surface area contributed by atoms with Gasteiger partial charge in [0.2, 0.25) is 0 Å². The maximum absolute atomic E-state index is 11.3. The molecule has 0 unspecified atom stereocenters. The Morgan fingerprint density at radius 3 is 2.36 bits per heavy atom. The number of rotatable bonds is 13. The fourth-order valence-electron chi connectivity index (χ4n) is 2.13. The molecule has 150 valence electrons. The van der Waals surface area contributed by atoms with E-state index in [9.17, 15) is 4.79 Å². The highest BCUT2D eigenvalue weighted by atomic mass is 79.9. The third-order valence-electron chi connectivity index (χ3n) is 4.65. The van der Waals surface area contributed by atoms with Crippen LogP contribution in [0.1, 0.15) is 53.4 Å². The van der Waals surface area contributed by atoms with Gasteiger partial charge in [0.05, 0.1) is 6.10 Å². The van der Waals surface area contributed by atoms with Gasteiger partial charge in [-0.05, 0) is 44.3 Å². The summed E-state index contributed by atoms with van der Waals surface area (Å²) in [4.78, 5) is 11.3. The van der Waals surface area contributed by atoms with Crippen LogP contribution in [0.15, 0.2) is 0 Å². The van der Waals surface area contributed by atoms with Crippen LogP contribution in [0.5, 0.6) is 0 Å². The van der Waals surface area contributed by atoms with E-state index in [-0.39, 0.29) is 35.3 Å². The summed E-state index contributed by atoms with van der Waals surface area (Å²) in [7, 11) is -0.0556. The van der Waals surface area contributed by atoms with Crippen molar-refractivity contribution < 1.29 is 23.4 Å². The zero-order valence-electron chi connectivity index (χ0n) is 17.0. The van der Waals surface area contributed by atoms with Crippen LogP contribution in [0, 0.1) is 0 Å². The quantitative estimate of drug-likeness (QED) is 0.134. The van der Waals surface area contributed by atoms with Crippen molar-refractivity contribution in [3.8, 4) is 0 Å². The fourth-order valence-corrected chi connectivity index (χ4v) is 3.35. The first kappa shape index (κ1) is 25.0. The zero-order valence-corrected chi connectivity index (χ0v) is 19.6. The van der Waals surface area contributed by atoms with E-state index in [0.29, 0.717) is 6.42 Å². The monoisotopic (exact) mass is 440 g/mol. The van der Waals surface area contributed by atoms with Gasteiger partial charge in [-0.1, -0.05) is 36.7 Å². The summed E-state index contributed by atoms with van der Waals surface area (Å²) < 4.78 is 22.2. The molecule has 0 saturated heterocycles. The summed E-state index contributed by atoms with van der Waals surface area (Å²) >= 11 is 3.10. The molecule has 0 aromatic rings. The number of alkyl halides is 1.